The van der Waals surface area contributed by atoms with Gasteiger partial charge in [0.25, 0.3) is 0 Å². The zero-order chi connectivity index (χ0) is 65.4. The Balaban J connectivity index is 5.20. The van der Waals surface area contributed by atoms with Crippen LogP contribution in [0.15, 0.2) is 0 Å². The molecule has 0 aliphatic rings. The van der Waals surface area contributed by atoms with E-state index in [4.69, 9.17) is 37.0 Å². The summed E-state index contributed by atoms with van der Waals surface area (Å²) in [6.45, 7) is 14.0. The van der Waals surface area contributed by atoms with E-state index in [0.29, 0.717) is 37.5 Å². The lowest BCUT2D eigenvalue weighted by Crippen LogP contribution is -2.30. The van der Waals surface area contributed by atoms with Crippen LogP contribution in [0.2, 0.25) is 0 Å². The van der Waals surface area contributed by atoms with Crippen molar-refractivity contribution in [3.05, 3.63) is 0 Å². The summed E-state index contributed by atoms with van der Waals surface area (Å²) in [5.74, 6) is 0.767. The number of aliphatic hydroxyl groups is 1. The van der Waals surface area contributed by atoms with Gasteiger partial charge in [-0.1, -0.05) is 287 Å². The first-order chi connectivity index (χ1) is 42.1. The lowest BCUT2D eigenvalue weighted by atomic mass is 10.0. The first-order valence-corrected chi connectivity index (χ1v) is 38.7. The minimum absolute atomic E-state index is 0.101. The number of carbonyl (C=O) groups is 4. The molecule has 0 aliphatic carbocycles. The predicted octanol–water partition coefficient (Wildman–Crippen LogP) is 19.3. The summed E-state index contributed by atoms with van der Waals surface area (Å²) in [4.78, 5) is 72.4. The lowest BCUT2D eigenvalue weighted by Gasteiger charge is -2.21. The average Bonchev–Trinajstić information content (AvgIpc) is 3.36. The van der Waals surface area contributed by atoms with Gasteiger partial charge in [-0.2, -0.15) is 0 Å². The van der Waals surface area contributed by atoms with Crippen LogP contribution in [0.5, 0.6) is 0 Å². The summed E-state index contributed by atoms with van der Waals surface area (Å²) in [6.07, 6.45) is 40.7. The highest BCUT2D eigenvalue weighted by atomic mass is 31.2. The molecule has 3 unspecified atom stereocenters. The SMILES string of the molecule is CC(C)CCCCCCCCCCCCCCCCCC(=O)O[C@H](COC(=O)CCCCCCCCCCC(C)C)COP(=O)(O)OCC(O)COP(=O)(O)OC[C@@H](COC(=O)CCCCCCCCCC(C)C)OC(=O)CCCCCCCCC(C)C. The molecule has 0 rings (SSSR count). The average molecular weight is 1300 g/mol. The quantitative estimate of drug-likeness (QED) is 0.0222. The van der Waals surface area contributed by atoms with E-state index < -0.39 is 97.5 Å². The standard InChI is InChI=1S/C69H134O17P2/c1-59(2)45-37-29-21-16-14-12-10-9-11-13-15-17-25-35-43-51-68(73)85-64(55-79-66(71)49-41-33-24-19-18-22-30-38-46-60(3)4)57-83-87(75,76)81-53-63(70)54-82-88(77,78)84-58-65(86-69(74)52-44-36-28-27-32-40-48-62(7)8)56-80-67(72)50-42-34-26-20-23-31-39-47-61(5)6/h59-65,70H,9-58H2,1-8H3,(H,75,76)(H,77,78)/t63?,64-,65-/m1/s1. The molecule has 0 radical (unpaired) electrons. The van der Waals surface area contributed by atoms with Crippen molar-refractivity contribution in [1.82, 2.24) is 0 Å². The second-order valence-corrected chi connectivity index (χ2v) is 29.7. The normalized spacial score (nSPS) is 14.3. The van der Waals surface area contributed by atoms with E-state index in [-0.39, 0.29) is 25.7 Å². The first-order valence-electron chi connectivity index (χ1n) is 35.7. The van der Waals surface area contributed by atoms with Crippen molar-refractivity contribution < 1.29 is 80.2 Å². The van der Waals surface area contributed by atoms with Gasteiger partial charge in [-0.25, -0.2) is 9.13 Å². The summed E-state index contributed by atoms with van der Waals surface area (Å²) in [7, 11) is -9.90. The Kier molecular flexibility index (Phi) is 57.6. The van der Waals surface area contributed by atoms with Crippen LogP contribution in [0.1, 0.15) is 338 Å². The summed E-state index contributed by atoms with van der Waals surface area (Å²) in [6, 6.07) is 0. The summed E-state index contributed by atoms with van der Waals surface area (Å²) >= 11 is 0. The van der Waals surface area contributed by atoms with Crippen molar-refractivity contribution in [2.75, 3.05) is 39.6 Å². The van der Waals surface area contributed by atoms with E-state index in [2.05, 4.69) is 55.4 Å². The monoisotopic (exact) mass is 1300 g/mol. The van der Waals surface area contributed by atoms with Gasteiger partial charge in [0.2, 0.25) is 0 Å². The molecule has 17 nitrogen and oxygen atoms in total. The molecule has 522 valence electrons. The molecule has 5 atom stereocenters. The topological polar surface area (TPSA) is 237 Å². The largest absolute Gasteiger partial charge is 0.472 e. The fourth-order valence-corrected chi connectivity index (χ4v) is 11.9. The van der Waals surface area contributed by atoms with Gasteiger partial charge in [0, 0.05) is 25.7 Å². The van der Waals surface area contributed by atoms with Gasteiger partial charge in [-0.05, 0) is 49.4 Å². The number of esters is 4. The number of hydrogen-bond donors (Lipinski definition) is 3. The van der Waals surface area contributed by atoms with Gasteiger partial charge in [-0.3, -0.25) is 37.3 Å². The molecule has 3 N–H and O–H groups in total. The maximum atomic E-state index is 13.0. The second kappa shape index (κ2) is 58.8. The van der Waals surface area contributed by atoms with Crippen LogP contribution in [0.3, 0.4) is 0 Å². The summed E-state index contributed by atoms with van der Waals surface area (Å²) in [5, 5.41) is 10.6. The minimum Gasteiger partial charge on any atom is -0.462 e. The molecule has 19 heteroatoms. The van der Waals surface area contributed by atoms with E-state index in [1.54, 1.807) is 0 Å². The smallest absolute Gasteiger partial charge is 0.462 e. The van der Waals surface area contributed by atoms with Crippen molar-refractivity contribution in [2.45, 2.75) is 356 Å². The number of unbranched alkanes of at least 4 members (excludes halogenated alkanes) is 32. The van der Waals surface area contributed by atoms with E-state index in [1.807, 2.05) is 0 Å². The molecule has 88 heavy (non-hydrogen) atoms. The van der Waals surface area contributed by atoms with Crippen molar-refractivity contribution in [1.29, 1.82) is 0 Å². The van der Waals surface area contributed by atoms with Gasteiger partial charge >= 0.3 is 39.5 Å². The number of ether oxygens (including phenoxy) is 4. The number of hydrogen-bond acceptors (Lipinski definition) is 15. The van der Waals surface area contributed by atoms with Gasteiger partial charge in [-0.15, -0.1) is 0 Å². The molecular formula is C69H134O17P2. The highest BCUT2D eigenvalue weighted by Crippen LogP contribution is 2.45. The van der Waals surface area contributed by atoms with Crippen LogP contribution in [0, 0.1) is 23.7 Å². The summed E-state index contributed by atoms with van der Waals surface area (Å²) in [5.41, 5.74) is 0. The number of carbonyl (C=O) groups excluding carboxylic acids is 4. The lowest BCUT2D eigenvalue weighted by molar-refractivity contribution is -0.161. The van der Waals surface area contributed by atoms with Gasteiger partial charge < -0.3 is 33.8 Å². The molecule has 0 aliphatic heterocycles. The van der Waals surface area contributed by atoms with E-state index in [0.717, 1.165) is 108 Å². The molecular weight excluding hydrogens is 1160 g/mol. The fraction of sp³-hybridized carbons (Fsp3) is 0.942. The van der Waals surface area contributed by atoms with Crippen LogP contribution in [-0.4, -0.2) is 96.7 Å². The maximum Gasteiger partial charge on any atom is 0.472 e. The minimum atomic E-state index is -4.95. The third-order valence-corrected chi connectivity index (χ3v) is 17.7. The molecule has 0 saturated heterocycles. The number of rotatable bonds is 66. The number of aliphatic hydroxyl groups excluding tert-OH is 1. The van der Waals surface area contributed by atoms with E-state index >= 15 is 0 Å². The van der Waals surface area contributed by atoms with E-state index in [1.165, 1.54) is 135 Å². The molecule has 0 heterocycles. The third-order valence-electron chi connectivity index (χ3n) is 15.8. The Bertz CT molecular complexity index is 1750. The van der Waals surface area contributed by atoms with Crippen molar-refractivity contribution >= 4 is 39.5 Å². The fourth-order valence-electron chi connectivity index (χ4n) is 10.3. The Morgan fingerprint density at radius 1 is 0.284 bits per heavy atom. The van der Waals surface area contributed by atoms with Crippen LogP contribution >= 0.6 is 15.6 Å². The van der Waals surface area contributed by atoms with Crippen molar-refractivity contribution in [3.8, 4) is 0 Å². The molecule has 0 aromatic carbocycles. The van der Waals surface area contributed by atoms with Gasteiger partial charge in [0.1, 0.15) is 19.3 Å². The van der Waals surface area contributed by atoms with Crippen molar-refractivity contribution in [2.24, 2.45) is 23.7 Å². The molecule has 0 aromatic rings. The maximum absolute atomic E-state index is 13.0. The van der Waals surface area contributed by atoms with Crippen LogP contribution < -0.4 is 0 Å². The Labute approximate surface area is 537 Å². The molecule has 0 amide bonds. The van der Waals surface area contributed by atoms with Crippen LogP contribution in [0.25, 0.3) is 0 Å². The van der Waals surface area contributed by atoms with E-state index in [9.17, 15) is 43.2 Å². The zero-order valence-corrected chi connectivity index (χ0v) is 59.1. The third kappa shape index (κ3) is 62.8. The van der Waals surface area contributed by atoms with Crippen LogP contribution in [-0.2, 0) is 65.4 Å². The van der Waals surface area contributed by atoms with Crippen LogP contribution in [0.4, 0.5) is 0 Å². The molecule has 0 fully saturated rings. The first kappa shape index (κ1) is 86.1. The van der Waals surface area contributed by atoms with Gasteiger partial charge in [0.15, 0.2) is 12.2 Å². The number of phosphoric acid groups is 2. The Morgan fingerprint density at radius 2 is 0.477 bits per heavy atom. The zero-order valence-electron chi connectivity index (χ0n) is 57.3. The van der Waals surface area contributed by atoms with Gasteiger partial charge in [0.05, 0.1) is 26.4 Å². The summed E-state index contributed by atoms with van der Waals surface area (Å²) < 4.78 is 68.1. The Morgan fingerprint density at radius 3 is 0.705 bits per heavy atom. The molecule has 0 saturated carbocycles. The second-order valence-electron chi connectivity index (χ2n) is 26.8. The molecule has 0 spiro atoms. The highest BCUT2D eigenvalue weighted by Gasteiger charge is 2.30. The predicted molar refractivity (Wildman–Crippen MR) is 354 cm³/mol. The Hall–Kier alpha value is -1.94. The van der Waals surface area contributed by atoms with Crippen molar-refractivity contribution in [3.63, 3.8) is 0 Å². The molecule has 0 aromatic heterocycles. The highest BCUT2D eigenvalue weighted by molar-refractivity contribution is 7.47. The molecule has 0 bridgehead atoms. The number of phosphoric ester groups is 2.